The van der Waals surface area contributed by atoms with E-state index >= 15 is 0 Å². The molecule has 0 spiro atoms. The molecule has 1 unspecified atom stereocenters. The first-order valence-corrected chi connectivity index (χ1v) is 6.98. The van der Waals surface area contributed by atoms with Crippen molar-refractivity contribution in [3.05, 3.63) is 36.5 Å². The zero-order chi connectivity index (χ0) is 15.6. The summed E-state index contributed by atoms with van der Waals surface area (Å²) in [5, 5.41) is 9.99. The standard InChI is InChI=1S/C17H26O3/c1-7-17(6,19)9-8-15-12(2)10-14(20-13(3)18)11-16(15,4)5/h7-10,14-15,19H,1,11H2,2-6H3/b9-8+/t14-,15+,17?/m1/s1. The first-order valence-electron chi connectivity index (χ1n) is 6.98. The molecule has 1 aliphatic rings. The molecule has 1 aliphatic carbocycles. The van der Waals surface area contributed by atoms with E-state index < -0.39 is 5.60 Å². The summed E-state index contributed by atoms with van der Waals surface area (Å²) in [6, 6.07) is 0. The molecular weight excluding hydrogens is 252 g/mol. The number of carbonyl (C=O) groups is 1. The largest absolute Gasteiger partial charge is 0.458 e. The lowest BCUT2D eigenvalue weighted by molar-refractivity contribution is -0.145. The van der Waals surface area contributed by atoms with Crippen LogP contribution in [0.1, 0.15) is 41.0 Å². The molecule has 3 heteroatoms. The van der Waals surface area contributed by atoms with Crippen LogP contribution in [0.15, 0.2) is 36.5 Å². The molecule has 0 bridgehead atoms. The van der Waals surface area contributed by atoms with E-state index in [2.05, 4.69) is 20.4 Å². The molecule has 0 aromatic heterocycles. The zero-order valence-electron chi connectivity index (χ0n) is 13.1. The normalized spacial score (nSPS) is 28.6. The smallest absolute Gasteiger partial charge is 0.303 e. The molecular formula is C17H26O3. The van der Waals surface area contributed by atoms with Crippen LogP contribution < -0.4 is 0 Å². The predicted octanol–water partition coefficient (Wildman–Crippen LogP) is 3.40. The van der Waals surface area contributed by atoms with Gasteiger partial charge in [0.2, 0.25) is 0 Å². The summed E-state index contributed by atoms with van der Waals surface area (Å²) in [4.78, 5) is 11.1. The van der Waals surface area contributed by atoms with Gasteiger partial charge in [-0.1, -0.05) is 44.2 Å². The van der Waals surface area contributed by atoms with Gasteiger partial charge in [0.1, 0.15) is 6.10 Å². The summed E-state index contributed by atoms with van der Waals surface area (Å²) in [5.74, 6) is -0.0424. The van der Waals surface area contributed by atoms with Crippen LogP contribution in [0.2, 0.25) is 0 Å². The quantitative estimate of drug-likeness (QED) is 0.633. The Morgan fingerprint density at radius 3 is 2.65 bits per heavy atom. The third-order valence-electron chi connectivity index (χ3n) is 3.87. The van der Waals surface area contributed by atoms with Crippen LogP contribution in [0.4, 0.5) is 0 Å². The molecule has 20 heavy (non-hydrogen) atoms. The number of ether oxygens (including phenoxy) is 1. The highest BCUT2D eigenvalue weighted by atomic mass is 16.5. The number of esters is 1. The average molecular weight is 278 g/mol. The average Bonchev–Trinajstić information content (AvgIpc) is 2.25. The SMILES string of the molecule is C=CC(C)(O)/C=C/[C@H]1C(C)=C[C@@H](OC(C)=O)CC1(C)C. The van der Waals surface area contributed by atoms with E-state index in [-0.39, 0.29) is 23.4 Å². The molecule has 0 aromatic carbocycles. The van der Waals surface area contributed by atoms with Gasteiger partial charge in [0.25, 0.3) is 0 Å². The fourth-order valence-corrected chi connectivity index (χ4v) is 2.78. The Morgan fingerprint density at radius 1 is 1.60 bits per heavy atom. The molecule has 0 fully saturated rings. The van der Waals surface area contributed by atoms with Crippen molar-refractivity contribution in [2.45, 2.75) is 52.7 Å². The number of carbonyl (C=O) groups excluding carboxylic acids is 1. The second-order valence-electron chi connectivity index (χ2n) is 6.52. The lowest BCUT2D eigenvalue weighted by Gasteiger charge is -2.40. The topological polar surface area (TPSA) is 46.5 Å². The summed E-state index contributed by atoms with van der Waals surface area (Å²) in [6.07, 6.45) is 7.93. The molecule has 0 aromatic rings. The van der Waals surface area contributed by atoms with Gasteiger partial charge in [-0.2, -0.15) is 0 Å². The maximum absolute atomic E-state index is 11.1. The van der Waals surface area contributed by atoms with E-state index in [9.17, 15) is 9.90 Å². The Kier molecular flexibility index (Phi) is 4.98. The van der Waals surface area contributed by atoms with Crippen LogP contribution in [0, 0.1) is 11.3 Å². The summed E-state index contributed by atoms with van der Waals surface area (Å²) < 4.78 is 5.31. The van der Waals surface area contributed by atoms with Crippen LogP contribution >= 0.6 is 0 Å². The Labute approximate surface area is 122 Å². The molecule has 0 saturated carbocycles. The minimum absolute atomic E-state index is 0.0350. The van der Waals surface area contributed by atoms with Crippen molar-refractivity contribution in [1.29, 1.82) is 0 Å². The number of hydrogen-bond acceptors (Lipinski definition) is 3. The Balaban J connectivity index is 2.97. The highest BCUT2D eigenvalue weighted by molar-refractivity contribution is 5.66. The van der Waals surface area contributed by atoms with E-state index in [0.29, 0.717) is 0 Å². The van der Waals surface area contributed by atoms with E-state index in [4.69, 9.17) is 4.74 Å². The summed E-state index contributed by atoms with van der Waals surface area (Å²) >= 11 is 0. The predicted molar refractivity (Wildman–Crippen MR) is 81.2 cm³/mol. The highest BCUT2D eigenvalue weighted by Crippen LogP contribution is 2.42. The van der Waals surface area contributed by atoms with Crippen molar-refractivity contribution in [2.24, 2.45) is 11.3 Å². The fourth-order valence-electron chi connectivity index (χ4n) is 2.78. The lowest BCUT2D eigenvalue weighted by Crippen LogP contribution is -2.35. The molecule has 0 amide bonds. The van der Waals surface area contributed by atoms with Gasteiger partial charge >= 0.3 is 5.97 Å². The van der Waals surface area contributed by atoms with E-state index in [0.717, 1.165) is 12.0 Å². The number of allylic oxidation sites excluding steroid dienone is 2. The third-order valence-corrected chi connectivity index (χ3v) is 3.87. The number of aliphatic hydroxyl groups is 1. The van der Waals surface area contributed by atoms with Crippen molar-refractivity contribution in [3.8, 4) is 0 Å². The Hall–Kier alpha value is -1.35. The van der Waals surface area contributed by atoms with E-state index in [1.165, 1.54) is 13.0 Å². The fraction of sp³-hybridized carbons (Fsp3) is 0.588. The first-order chi connectivity index (χ1) is 9.07. The first kappa shape index (κ1) is 16.7. The molecule has 3 atom stereocenters. The summed E-state index contributed by atoms with van der Waals surface area (Å²) in [6.45, 7) is 13.1. The van der Waals surface area contributed by atoms with Crippen LogP contribution in [0.5, 0.6) is 0 Å². The van der Waals surface area contributed by atoms with Gasteiger partial charge in [0.15, 0.2) is 0 Å². The van der Waals surface area contributed by atoms with Crippen molar-refractivity contribution >= 4 is 5.97 Å². The van der Waals surface area contributed by atoms with Crippen LogP contribution in [0.25, 0.3) is 0 Å². The van der Waals surface area contributed by atoms with Gasteiger partial charge in [-0.05, 0) is 31.8 Å². The summed E-state index contributed by atoms with van der Waals surface area (Å²) in [5.41, 5.74) is 0.124. The van der Waals surface area contributed by atoms with E-state index in [1.54, 1.807) is 13.0 Å². The monoisotopic (exact) mass is 278 g/mol. The lowest BCUT2D eigenvalue weighted by atomic mass is 9.67. The van der Waals surface area contributed by atoms with Gasteiger partial charge in [-0.25, -0.2) is 0 Å². The second kappa shape index (κ2) is 5.96. The van der Waals surface area contributed by atoms with Crippen molar-refractivity contribution in [1.82, 2.24) is 0 Å². The molecule has 0 aliphatic heterocycles. The molecule has 0 radical (unpaired) electrons. The molecule has 112 valence electrons. The van der Waals surface area contributed by atoms with Crippen molar-refractivity contribution < 1.29 is 14.6 Å². The molecule has 1 rings (SSSR count). The Morgan fingerprint density at radius 2 is 2.20 bits per heavy atom. The maximum Gasteiger partial charge on any atom is 0.303 e. The van der Waals surface area contributed by atoms with E-state index in [1.807, 2.05) is 19.1 Å². The molecule has 0 saturated heterocycles. The van der Waals surface area contributed by atoms with Crippen LogP contribution in [-0.2, 0) is 9.53 Å². The molecule has 3 nitrogen and oxygen atoms in total. The minimum Gasteiger partial charge on any atom is -0.458 e. The van der Waals surface area contributed by atoms with Gasteiger partial charge in [0.05, 0.1) is 5.60 Å². The van der Waals surface area contributed by atoms with Gasteiger partial charge in [-0.15, -0.1) is 0 Å². The van der Waals surface area contributed by atoms with Crippen LogP contribution in [0.3, 0.4) is 0 Å². The van der Waals surface area contributed by atoms with Gasteiger partial charge in [0, 0.05) is 12.8 Å². The minimum atomic E-state index is -0.997. The molecule has 1 N–H and O–H groups in total. The number of hydrogen-bond donors (Lipinski definition) is 1. The zero-order valence-corrected chi connectivity index (χ0v) is 13.1. The van der Waals surface area contributed by atoms with Crippen molar-refractivity contribution in [3.63, 3.8) is 0 Å². The van der Waals surface area contributed by atoms with Crippen LogP contribution in [-0.4, -0.2) is 22.8 Å². The highest BCUT2D eigenvalue weighted by Gasteiger charge is 2.36. The third kappa shape index (κ3) is 4.34. The van der Waals surface area contributed by atoms with Crippen molar-refractivity contribution in [2.75, 3.05) is 0 Å². The van der Waals surface area contributed by atoms with Gasteiger partial charge in [-0.3, -0.25) is 4.79 Å². The Bertz CT molecular complexity index is 441. The van der Waals surface area contributed by atoms with Gasteiger partial charge < -0.3 is 9.84 Å². The summed E-state index contributed by atoms with van der Waals surface area (Å²) in [7, 11) is 0. The number of rotatable bonds is 4. The second-order valence-corrected chi connectivity index (χ2v) is 6.52. The maximum atomic E-state index is 11.1. The molecule has 0 heterocycles.